The maximum Gasteiger partial charge on any atom is 0.410 e. The fraction of sp³-hybridized carbons (Fsp3) is 0.433. The van der Waals surface area contributed by atoms with Crippen molar-refractivity contribution in [3.05, 3.63) is 68.7 Å². The second-order valence-corrected chi connectivity index (χ2v) is 12.5. The van der Waals surface area contributed by atoms with Gasteiger partial charge in [-0.3, -0.25) is 9.59 Å². The fourth-order valence-electron chi connectivity index (χ4n) is 5.51. The number of carbonyl (C=O) groups excluding carboxylic acids is 3. The minimum atomic E-state index is -0.553. The summed E-state index contributed by atoms with van der Waals surface area (Å²) in [6, 6.07) is 11.6. The van der Waals surface area contributed by atoms with Crippen LogP contribution in [0, 0.1) is 0 Å². The molecule has 200 valence electrons. The Kier molecular flexibility index (Phi) is 6.66. The van der Waals surface area contributed by atoms with Gasteiger partial charge in [0.2, 0.25) is 0 Å². The summed E-state index contributed by atoms with van der Waals surface area (Å²) in [5.41, 5.74) is 4.81. The number of carbonyl (C=O) groups is 3. The highest BCUT2D eigenvalue weighted by molar-refractivity contribution is 9.10. The van der Waals surface area contributed by atoms with Gasteiger partial charge in [-0.1, -0.05) is 35.8 Å². The van der Waals surface area contributed by atoms with Gasteiger partial charge in [-0.25, -0.2) is 4.79 Å². The van der Waals surface area contributed by atoms with E-state index in [1.165, 1.54) is 0 Å². The Morgan fingerprint density at radius 1 is 0.974 bits per heavy atom. The first kappa shape index (κ1) is 26.5. The number of benzene rings is 2. The molecule has 0 spiro atoms. The Morgan fingerprint density at radius 3 is 2.32 bits per heavy atom. The van der Waals surface area contributed by atoms with E-state index in [-0.39, 0.29) is 29.8 Å². The molecule has 2 aromatic rings. The molecule has 2 aliphatic carbocycles. The highest BCUT2D eigenvalue weighted by atomic mass is 79.9. The van der Waals surface area contributed by atoms with Crippen LogP contribution in [0.2, 0.25) is 0 Å². The number of rotatable bonds is 3. The van der Waals surface area contributed by atoms with Gasteiger partial charge in [-0.05, 0) is 79.8 Å². The number of Topliss-reactive ketones (excluding diaryl/α,β-unsaturated/α-hetero) is 1. The summed E-state index contributed by atoms with van der Waals surface area (Å²) in [5, 5.41) is 0. The highest BCUT2D eigenvalue weighted by Gasteiger charge is 2.43. The summed E-state index contributed by atoms with van der Waals surface area (Å²) in [6.45, 7) is 11.4. The number of nitrogens with zero attached hydrogens (tertiary/aromatic N) is 2. The normalized spacial score (nSPS) is 18.1. The van der Waals surface area contributed by atoms with Gasteiger partial charge < -0.3 is 19.3 Å². The Balaban J connectivity index is 1.25. The van der Waals surface area contributed by atoms with Crippen LogP contribution in [0.25, 0.3) is 5.57 Å². The molecule has 0 aromatic heterocycles. The lowest BCUT2D eigenvalue weighted by Gasteiger charge is -2.35. The van der Waals surface area contributed by atoms with Crippen molar-refractivity contribution in [2.75, 3.05) is 32.8 Å². The predicted octanol–water partition coefficient (Wildman–Crippen LogP) is 5.39. The van der Waals surface area contributed by atoms with Crippen molar-refractivity contribution in [3.8, 4) is 5.75 Å². The van der Waals surface area contributed by atoms with Crippen molar-refractivity contribution in [1.29, 1.82) is 0 Å². The Labute approximate surface area is 231 Å². The molecule has 0 N–H and O–H groups in total. The number of amides is 2. The zero-order valence-corrected chi connectivity index (χ0v) is 24.1. The van der Waals surface area contributed by atoms with E-state index < -0.39 is 5.60 Å². The molecule has 0 unspecified atom stereocenters. The van der Waals surface area contributed by atoms with Crippen LogP contribution in [0.15, 0.2) is 46.4 Å². The summed E-state index contributed by atoms with van der Waals surface area (Å²) in [7, 11) is 0. The average Bonchev–Trinajstić information content (AvgIpc) is 3.25. The van der Waals surface area contributed by atoms with Gasteiger partial charge in [0.05, 0.1) is 0 Å². The summed E-state index contributed by atoms with van der Waals surface area (Å²) in [6.07, 6.45) is 0.379. The number of halogens is 1. The molecule has 0 radical (unpaired) electrons. The van der Waals surface area contributed by atoms with Crippen LogP contribution in [0.3, 0.4) is 0 Å². The zero-order valence-electron chi connectivity index (χ0n) is 22.5. The molecular weight excluding hydrogens is 548 g/mol. The summed E-state index contributed by atoms with van der Waals surface area (Å²) < 4.78 is 12.3. The van der Waals surface area contributed by atoms with Crippen molar-refractivity contribution in [3.63, 3.8) is 0 Å². The summed E-state index contributed by atoms with van der Waals surface area (Å²) >= 11 is 3.55. The smallest absolute Gasteiger partial charge is 0.410 e. The first-order valence-corrected chi connectivity index (χ1v) is 13.7. The van der Waals surface area contributed by atoms with Gasteiger partial charge >= 0.3 is 6.09 Å². The van der Waals surface area contributed by atoms with Gasteiger partial charge in [-0.15, -0.1) is 0 Å². The van der Waals surface area contributed by atoms with Crippen molar-refractivity contribution < 1.29 is 23.9 Å². The van der Waals surface area contributed by atoms with Crippen molar-refractivity contribution in [2.45, 2.75) is 52.1 Å². The molecule has 8 heteroatoms. The minimum absolute atomic E-state index is 0.0425. The lowest BCUT2D eigenvalue weighted by Crippen LogP contribution is -2.52. The molecule has 3 aliphatic rings. The maximum absolute atomic E-state index is 13.6. The summed E-state index contributed by atoms with van der Waals surface area (Å²) in [4.78, 5) is 42.0. The molecule has 2 aromatic carbocycles. The van der Waals surface area contributed by atoms with E-state index in [1.54, 1.807) is 15.9 Å². The first-order chi connectivity index (χ1) is 17.8. The third-order valence-electron chi connectivity index (χ3n) is 7.54. The Bertz CT molecular complexity index is 1360. The fourth-order valence-corrected chi connectivity index (χ4v) is 5.92. The average molecular weight is 582 g/mol. The molecule has 2 amide bonds. The van der Waals surface area contributed by atoms with Gasteiger partial charge in [0.25, 0.3) is 5.91 Å². The molecule has 1 saturated heterocycles. The SMILES string of the molecule is CC(C)(C)OC(=O)N1CCN(C(=O)COc2ccc3c(c2)C(C)(C)C2=C(C3=O)c3ccc(Br)cc3C2)CC1. The number of hydrogen-bond donors (Lipinski definition) is 0. The predicted molar refractivity (Wildman–Crippen MR) is 148 cm³/mol. The number of allylic oxidation sites excluding steroid dienone is 2. The standard InChI is InChI=1S/C30H33BrN2O5/c1-29(2,3)38-28(36)33-12-10-32(11-13-33)25(34)17-37-20-7-9-22-23(16-20)30(4,5)24-15-18-14-19(31)6-8-21(18)26(24)27(22)35/h6-9,14,16H,10-13,15,17H2,1-5H3. The molecule has 38 heavy (non-hydrogen) atoms. The van der Waals surface area contributed by atoms with Crippen LogP contribution in [-0.2, 0) is 21.4 Å². The molecule has 1 heterocycles. The van der Waals surface area contributed by atoms with E-state index in [9.17, 15) is 14.4 Å². The molecule has 0 bridgehead atoms. The van der Waals surface area contributed by atoms with Crippen LogP contribution in [-0.4, -0.2) is 66.0 Å². The number of piperazine rings is 1. The van der Waals surface area contributed by atoms with Crippen LogP contribution < -0.4 is 4.74 Å². The number of ketones is 1. The van der Waals surface area contributed by atoms with Gasteiger partial charge in [0, 0.05) is 47.2 Å². The number of hydrogen-bond acceptors (Lipinski definition) is 5. The zero-order chi connectivity index (χ0) is 27.4. The Hall–Kier alpha value is -3.13. The van der Waals surface area contributed by atoms with E-state index in [2.05, 4.69) is 35.8 Å². The molecular formula is C30H33BrN2O5. The van der Waals surface area contributed by atoms with Crippen LogP contribution in [0.1, 0.15) is 61.7 Å². The number of fused-ring (bicyclic) bond motifs is 3. The van der Waals surface area contributed by atoms with E-state index in [0.29, 0.717) is 37.5 Å². The van der Waals surface area contributed by atoms with Gasteiger partial charge in [0.15, 0.2) is 12.4 Å². The monoisotopic (exact) mass is 580 g/mol. The third kappa shape index (κ3) is 4.86. The third-order valence-corrected chi connectivity index (χ3v) is 8.04. The molecule has 1 fully saturated rings. The molecule has 0 atom stereocenters. The summed E-state index contributed by atoms with van der Waals surface area (Å²) in [5.74, 6) is 0.470. The molecule has 1 aliphatic heterocycles. The van der Waals surface area contributed by atoms with Crippen LogP contribution >= 0.6 is 15.9 Å². The second-order valence-electron chi connectivity index (χ2n) is 11.6. The largest absolute Gasteiger partial charge is 0.484 e. The molecule has 5 rings (SSSR count). The van der Waals surface area contributed by atoms with E-state index in [0.717, 1.165) is 38.7 Å². The lowest BCUT2D eigenvalue weighted by atomic mass is 9.68. The van der Waals surface area contributed by atoms with Crippen LogP contribution in [0.4, 0.5) is 4.79 Å². The minimum Gasteiger partial charge on any atom is -0.484 e. The first-order valence-electron chi connectivity index (χ1n) is 13.0. The van der Waals surface area contributed by atoms with Gasteiger partial charge in [0.1, 0.15) is 11.4 Å². The quantitative estimate of drug-likeness (QED) is 0.486. The van der Waals surface area contributed by atoms with Gasteiger partial charge in [-0.2, -0.15) is 0 Å². The van der Waals surface area contributed by atoms with Crippen molar-refractivity contribution in [1.82, 2.24) is 9.80 Å². The maximum atomic E-state index is 13.6. The van der Waals surface area contributed by atoms with E-state index in [1.807, 2.05) is 45.0 Å². The number of ether oxygens (including phenoxy) is 2. The highest BCUT2D eigenvalue weighted by Crippen LogP contribution is 2.50. The van der Waals surface area contributed by atoms with E-state index >= 15 is 0 Å². The van der Waals surface area contributed by atoms with Crippen molar-refractivity contribution >= 4 is 39.3 Å². The molecule has 7 nitrogen and oxygen atoms in total. The molecule has 0 saturated carbocycles. The topological polar surface area (TPSA) is 76.2 Å². The van der Waals surface area contributed by atoms with Crippen molar-refractivity contribution in [2.24, 2.45) is 0 Å². The lowest BCUT2D eigenvalue weighted by molar-refractivity contribution is -0.135. The van der Waals surface area contributed by atoms with E-state index in [4.69, 9.17) is 9.47 Å². The van der Waals surface area contributed by atoms with Crippen LogP contribution in [0.5, 0.6) is 5.75 Å². The Morgan fingerprint density at radius 2 is 1.63 bits per heavy atom. The second kappa shape index (κ2) is 9.56.